The molecule has 0 atom stereocenters. The van der Waals surface area contributed by atoms with Crippen molar-refractivity contribution in [2.24, 2.45) is 0 Å². The van der Waals surface area contributed by atoms with Crippen molar-refractivity contribution in [3.05, 3.63) is 50.2 Å². The third-order valence-electron chi connectivity index (χ3n) is 2.85. The highest BCUT2D eigenvalue weighted by Gasteiger charge is 2.17. The third-order valence-corrected chi connectivity index (χ3v) is 3.45. The summed E-state index contributed by atoms with van der Waals surface area (Å²) in [5, 5.41) is 16.7. The molecule has 0 saturated carbocycles. The second kappa shape index (κ2) is 6.04. The Hall–Kier alpha value is -2.22. The Morgan fingerprint density at radius 2 is 2.10 bits per heavy atom. The number of pyridine rings is 1. The minimum absolute atomic E-state index is 0.0525. The molecule has 1 aromatic heterocycles. The number of nitro groups is 1. The maximum Gasteiger partial charge on any atom is 0.311 e. The molecule has 0 aliphatic carbocycles. The van der Waals surface area contributed by atoms with Crippen molar-refractivity contribution < 1.29 is 9.31 Å². The normalized spacial score (nSPS) is 10.3. The van der Waals surface area contributed by atoms with Gasteiger partial charge in [0.25, 0.3) is 0 Å². The lowest BCUT2D eigenvalue weighted by molar-refractivity contribution is -0.384. The number of nitrogens with one attached hydrogen (secondary N) is 2. The molecule has 0 aliphatic heterocycles. The lowest BCUT2D eigenvalue weighted by Crippen LogP contribution is -2.03. The number of halogens is 2. The van der Waals surface area contributed by atoms with Gasteiger partial charge in [-0.2, -0.15) is 0 Å². The molecule has 2 N–H and O–H groups in total. The molecule has 0 saturated heterocycles. The fraction of sp³-hybridized carbons (Fsp3) is 0.154. The molecule has 2 rings (SSSR count). The van der Waals surface area contributed by atoms with Crippen LogP contribution in [0.5, 0.6) is 0 Å². The number of anilines is 3. The molecule has 6 nitrogen and oxygen atoms in total. The monoisotopic (exact) mass is 354 g/mol. The minimum atomic E-state index is -0.542. The quantitative estimate of drug-likeness (QED) is 0.640. The van der Waals surface area contributed by atoms with Gasteiger partial charge < -0.3 is 10.6 Å². The predicted octanol–water partition coefficient (Wildman–Crippen LogP) is 3.99. The Morgan fingerprint density at radius 1 is 1.38 bits per heavy atom. The number of hydrogen-bond acceptors (Lipinski definition) is 5. The van der Waals surface area contributed by atoms with E-state index >= 15 is 0 Å². The van der Waals surface area contributed by atoms with Crippen LogP contribution in [0.25, 0.3) is 0 Å². The van der Waals surface area contributed by atoms with Crippen LogP contribution in [-0.4, -0.2) is 17.0 Å². The summed E-state index contributed by atoms with van der Waals surface area (Å²) in [6.45, 7) is 1.76. The molecular weight excluding hydrogens is 343 g/mol. The van der Waals surface area contributed by atoms with Crippen LogP contribution in [0.3, 0.4) is 0 Å². The number of hydrogen-bond donors (Lipinski definition) is 2. The van der Waals surface area contributed by atoms with E-state index in [0.717, 1.165) is 5.56 Å². The minimum Gasteiger partial charge on any atom is -0.373 e. The molecule has 110 valence electrons. The van der Waals surface area contributed by atoms with E-state index in [1.165, 1.54) is 18.2 Å². The third kappa shape index (κ3) is 3.27. The Balaban J connectivity index is 2.47. The van der Waals surface area contributed by atoms with E-state index in [9.17, 15) is 14.5 Å². The Bertz CT molecular complexity index is 709. The van der Waals surface area contributed by atoms with Crippen molar-refractivity contribution in [3.63, 3.8) is 0 Å². The van der Waals surface area contributed by atoms with Gasteiger partial charge in [-0.1, -0.05) is 0 Å². The lowest BCUT2D eigenvalue weighted by Gasteiger charge is -2.11. The molecule has 8 heteroatoms. The summed E-state index contributed by atoms with van der Waals surface area (Å²) in [7, 11) is 1.66. The van der Waals surface area contributed by atoms with Gasteiger partial charge in [0.2, 0.25) is 5.82 Å². The van der Waals surface area contributed by atoms with Gasteiger partial charge in [-0.25, -0.2) is 9.37 Å². The smallest absolute Gasteiger partial charge is 0.311 e. The average molecular weight is 355 g/mol. The molecular formula is C13H12BrFN4O2. The number of benzene rings is 1. The topological polar surface area (TPSA) is 80.1 Å². The van der Waals surface area contributed by atoms with Gasteiger partial charge in [-0.3, -0.25) is 10.1 Å². The molecule has 1 aromatic carbocycles. The van der Waals surface area contributed by atoms with Crippen LogP contribution < -0.4 is 10.6 Å². The lowest BCUT2D eigenvalue weighted by atomic mass is 10.2. The zero-order valence-corrected chi connectivity index (χ0v) is 12.9. The Kier molecular flexibility index (Phi) is 4.37. The standard InChI is InChI=1S/C13H12BrFN4O2/c1-7-5-8(14)9(15)6-10(7)17-13-11(19(20)21)3-4-12(16-2)18-13/h3-6H,1-2H3,(H2,16,17,18). The zero-order valence-electron chi connectivity index (χ0n) is 11.3. The number of aromatic nitrogens is 1. The van der Waals surface area contributed by atoms with Crippen LogP contribution in [-0.2, 0) is 0 Å². The van der Waals surface area contributed by atoms with Crippen LogP contribution in [0.4, 0.5) is 27.4 Å². The second-order valence-corrected chi connectivity index (χ2v) is 5.13. The maximum absolute atomic E-state index is 13.6. The van der Waals surface area contributed by atoms with Crippen molar-refractivity contribution in [1.29, 1.82) is 0 Å². The maximum atomic E-state index is 13.6. The summed E-state index contributed by atoms with van der Waals surface area (Å²) in [6, 6.07) is 5.69. The number of nitrogens with zero attached hydrogens (tertiary/aromatic N) is 2. The molecule has 1 heterocycles. The number of rotatable bonds is 4. The first-order valence-electron chi connectivity index (χ1n) is 5.98. The van der Waals surface area contributed by atoms with E-state index in [-0.39, 0.29) is 11.5 Å². The van der Waals surface area contributed by atoms with Crippen molar-refractivity contribution in [2.75, 3.05) is 17.7 Å². The molecule has 0 aliphatic rings. The Morgan fingerprint density at radius 3 is 2.71 bits per heavy atom. The summed E-state index contributed by atoms with van der Waals surface area (Å²) in [4.78, 5) is 14.6. The summed E-state index contributed by atoms with van der Waals surface area (Å²) in [6.07, 6.45) is 0. The Labute approximate surface area is 128 Å². The van der Waals surface area contributed by atoms with Crippen LogP contribution in [0.2, 0.25) is 0 Å². The summed E-state index contributed by atoms with van der Waals surface area (Å²) >= 11 is 3.09. The van der Waals surface area contributed by atoms with Crippen LogP contribution in [0.1, 0.15) is 5.56 Å². The van der Waals surface area contributed by atoms with Gasteiger partial charge >= 0.3 is 5.69 Å². The zero-order chi connectivity index (χ0) is 15.6. The summed E-state index contributed by atoms with van der Waals surface area (Å²) in [5.74, 6) is 0.0607. The summed E-state index contributed by atoms with van der Waals surface area (Å²) in [5.41, 5.74) is 0.963. The largest absolute Gasteiger partial charge is 0.373 e. The van der Waals surface area contributed by atoms with Gasteiger partial charge in [0, 0.05) is 18.8 Å². The number of aryl methyl sites for hydroxylation is 1. The molecule has 0 bridgehead atoms. The highest BCUT2D eigenvalue weighted by Crippen LogP contribution is 2.30. The van der Waals surface area contributed by atoms with Gasteiger partial charge in [0.05, 0.1) is 9.40 Å². The van der Waals surface area contributed by atoms with E-state index in [4.69, 9.17) is 0 Å². The average Bonchev–Trinajstić information content (AvgIpc) is 2.44. The van der Waals surface area contributed by atoms with Crippen LogP contribution >= 0.6 is 15.9 Å². The molecule has 0 spiro atoms. The first-order chi connectivity index (χ1) is 9.92. The molecule has 0 unspecified atom stereocenters. The van der Waals surface area contributed by atoms with Gasteiger partial charge in [0.15, 0.2) is 0 Å². The van der Waals surface area contributed by atoms with E-state index in [2.05, 4.69) is 31.5 Å². The molecule has 0 amide bonds. The molecule has 21 heavy (non-hydrogen) atoms. The molecule has 0 fully saturated rings. The molecule has 2 aromatic rings. The van der Waals surface area contributed by atoms with Gasteiger partial charge in [-0.15, -0.1) is 0 Å². The van der Waals surface area contributed by atoms with Crippen molar-refractivity contribution >= 4 is 38.9 Å². The van der Waals surface area contributed by atoms with Crippen molar-refractivity contribution in [3.8, 4) is 0 Å². The van der Waals surface area contributed by atoms with E-state index < -0.39 is 10.7 Å². The summed E-state index contributed by atoms with van der Waals surface area (Å²) < 4.78 is 13.9. The fourth-order valence-electron chi connectivity index (χ4n) is 1.74. The first kappa shape index (κ1) is 15.2. The highest BCUT2D eigenvalue weighted by molar-refractivity contribution is 9.10. The van der Waals surface area contributed by atoms with E-state index in [0.29, 0.717) is 16.0 Å². The highest BCUT2D eigenvalue weighted by atomic mass is 79.9. The fourth-order valence-corrected chi connectivity index (χ4v) is 2.20. The van der Waals surface area contributed by atoms with Crippen molar-refractivity contribution in [2.45, 2.75) is 6.92 Å². The predicted molar refractivity (Wildman–Crippen MR) is 82.6 cm³/mol. The van der Waals surface area contributed by atoms with E-state index in [1.807, 2.05) is 0 Å². The SMILES string of the molecule is CNc1ccc([N+](=O)[O-])c(Nc2cc(F)c(Br)cc2C)n1. The second-order valence-electron chi connectivity index (χ2n) is 4.28. The van der Waals surface area contributed by atoms with Crippen molar-refractivity contribution in [1.82, 2.24) is 4.98 Å². The first-order valence-corrected chi connectivity index (χ1v) is 6.77. The van der Waals surface area contributed by atoms with Gasteiger partial charge in [0.1, 0.15) is 11.6 Å². The van der Waals surface area contributed by atoms with E-state index in [1.54, 1.807) is 20.0 Å². The van der Waals surface area contributed by atoms with Crippen LogP contribution in [0.15, 0.2) is 28.7 Å². The van der Waals surface area contributed by atoms with Gasteiger partial charge in [-0.05, 0) is 46.6 Å². The van der Waals surface area contributed by atoms with Crippen LogP contribution in [0, 0.1) is 22.9 Å². The molecule has 0 radical (unpaired) electrons.